The molecular weight excluding hydrogens is 220 g/mol. The first-order valence-electron chi connectivity index (χ1n) is 6.33. The van der Waals surface area contributed by atoms with Gasteiger partial charge in [-0.3, -0.25) is 4.79 Å². The second kappa shape index (κ2) is 4.64. The molecule has 0 aromatic rings. The Balaban J connectivity index is 1.98. The molecule has 1 amide bonds. The van der Waals surface area contributed by atoms with Gasteiger partial charge >= 0.3 is 5.97 Å². The molecule has 2 rings (SSSR count). The van der Waals surface area contributed by atoms with E-state index in [-0.39, 0.29) is 17.9 Å². The highest BCUT2D eigenvalue weighted by Crippen LogP contribution is 2.47. The van der Waals surface area contributed by atoms with Crippen LogP contribution in [0.15, 0.2) is 0 Å². The third-order valence-electron chi connectivity index (χ3n) is 4.31. The molecule has 2 aliphatic carbocycles. The van der Waals surface area contributed by atoms with E-state index in [1.54, 1.807) is 6.92 Å². The van der Waals surface area contributed by atoms with E-state index < -0.39 is 12.0 Å². The number of hydrogen-bond acceptors (Lipinski definition) is 3. The van der Waals surface area contributed by atoms with Gasteiger partial charge in [-0.25, -0.2) is 4.79 Å². The first kappa shape index (κ1) is 12.4. The van der Waals surface area contributed by atoms with Crippen LogP contribution in [-0.2, 0) is 9.59 Å². The van der Waals surface area contributed by atoms with Crippen LogP contribution in [0.25, 0.3) is 0 Å². The van der Waals surface area contributed by atoms with Crippen molar-refractivity contribution in [2.45, 2.75) is 44.7 Å². The van der Waals surface area contributed by atoms with E-state index in [4.69, 9.17) is 10.8 Å². The summed E-state index contributed by atoms with van der Waals surface area (Å²) in [6.45, 7) is 1.75. The highest BCUT2D eigenvalue weighted by Gasteiger charge is 2.49. The normalized spacial score (nSPS) is 36.8. The molecular formula is C12H20N2O3. The topological polar surface area (TPSA) is 92.4 Å². The number of amides is 1. The van der Waals surface area contributed by atoms with Crippen LogP contribution in [0.3, 0.4) is 0 Å². The van der Waals surface area contributed by atoms with Gasteiger partial charge in [-0.15, -0.1) is 0 Å². The van der Waals surface area contributed by atoms with Gasteiger partial charge in [0.2, 0.25) is 5.91 Å². The SMILES string of the molecule is CC[C@@H](NC(=O)C1C2CCC(C2)C1N)C(=O)O. The second-order valence-corrected chi connectivity index (χ2v) is 5.24. The Bertz CT molecular complexity index is 330. The van der Waals surface area contributed by atoms with Crippen molar-refractivity contribution in [3.63, 3.8) is 0 Å². The molecule has 0 spiro atoms. The lowest BCUT2D eigenvalue weighted by atomic mass is 9.84. The van der Waals surface area contributed by atoms with Gasteiger partial charge in [0.15, 0.2) is 0 Å². The average Bonchev–Trinajstić information content (AvgIpc) is 2.85. The van der Waals surface area contributed by atoms with Crippen molar-refractivity contribution in [2.24, 2.45) is 23.5 Å². The van der Waals surface area contributed by atoms with Crippen LogP contribution >= 0.6 is 0 Å². The summed E-state index contributed by atoms with van der Waals surface area (Å²) in [4.78, 5) is 22.9. The van der Waals surface area contributed by atoms with Crippen molar-refractivity contribution in [1.82, 2.24) is 5.32 Å². The first-order valence-corrected chi connectivity index (χ1v) is 6.33. The smallest absolute Gasteiger partial charge is 0.326 e. The molecule has 0 aromatic carbocycles. The standard InChI is InChI=1S/C12H20N2O3/c1-2-8(12(16)17)14-11(15)9-6-3-4-7(5-6)10(9)13/h6-10H,2-5,13H2,1H3,(H,14,15)(H,16,17)/t6?,7?,8-,9?,10?/m1/s1. The number of aliphatic carboxylic acids is 1. The maximum absolute atomic E-state index is 12.1. The number of nitrogens with two attached hydrogens (primary N) is 1. The first-order chi connectivity index (χ1) is 8.04. The van der Waals surface area contributed by atoms with E-state index in [9.17, 15) is 9.59 Å². The minimum Gasteiger partial charge on any atom is -0.480 e. The molecule has 4 unspecified atom stereocenters. The molecule has 5 nitrogen and oxygen atoms in total. The largest absolute Gasteiger partial charge is 0.480 e. The van der Waals surface area contributed by atoms with Gasteiger partial charge in [0.05, 0.1) is 5.92 Å². The molecule has 5 atom stereocenters. The molecule has 4 N–H and O–H groups in total. The van der Waals surface area contributed by atoms with Crippen molar-refractivity contribution >= 4 is 11.9 Å². The molecule has 2 saturated carbocycles. The van der Waals surface area contributed by atoms with Crippen molar-refractivity contribution in [3.05, 3.63) is 0 Å². The quantitative estimate of drug-likeness (QED) is 0.660. The Labute approximate surface area is 101 Å². The highest BCUT2D eigenvalue weighted by atomic mass is 16.4. The van der Waals surface area contributed by atoms with Crippen LogP contribution in [0.1, 0.15) is 32.6 Å². The maximum atomic E-state index is 12.1. The average molecular weight is 240 g/mol. The second-order valence-electron chi connectivity index (χ2n) is 5.24. The summed E-state index contributed by atoms with van der Waals surface area (Å²) in [5, 5.41) is 11.5. The van der Waals surface area contributed by atoms with E-state index in [1.807, 2.05) is 0 Å². The Morgan fingerprint density at radius 2 is 2.06 bits per heavy atom. The van der Waals surface area contributed by atoms with Crippen LogP contribution < -0.4 is 11.1 Å². The molecule has 2 fully saturated rings. The lowest BCUT2D eigenvalue weighted by Gasteiger charge is -2.28. The third kappa shape index (κ3) is 2.16. The Morgan fingerprint density at radius 3 is 2.53 bits per heavy atom. The molecule has 2 aliphatic rings. The van der Waals surface area contributed by atoms with Crippen molar-refractivity contribution in [3.8, 4) is 0 Å². The van der Waals surface area contributed by atoms with Crippen LogP contribution in [0.2, 0.25) is 0 Å². The Kier molecular flexibility index (Phi) is 3.38. The van der Waals surface area contributed by atoms with Crippen LogP contribution in [0.5, 0.6) is 0 Å². The number of fused-ring (bicyclic) bond motifs is 2. The molecule has 0 aromatic heterocycles. The zero-order valence-electron chi connectivity index (χ0n) is 10.1. The number of rotatable bonds is 4. The van der Waals surface area contributed by atoms with E-state index in [0.717, 1.165) is 19.3 Å². The molecule has 0 aliphatic heterocycles. The number of carbonyl (C=O) groups excluding carboxylic acids is 1. The fourth-order valence-corrected chi connectivity index (χ4v) is 3.33. The van der Waals surface area contributed by atoms with Crippen molar-refractivity contribution < 1.29 is 14.7 Å². The Hall–Kier alpha value is -1.10. The summed E-state index contributed by atoms with van der Waals surface area (Å²) in [7, 11) is 0. The molecule has 17 heavy (non-hydrogen) atoms. The van der Waals surface area contributed by atoms with E-state index >= 15 is 0 Å². The summed E-state index contributed by atoms with van der Waals surface area (Å²) < 4.78 is 0. The van der Waals surface area contributed by atoms with Gasteiger partial charge < -0.3 is 16.2 Å². The molecule has 96 valence electrons. The zero-order valence-corrected chi connectivity index (χ0v) is 10.1. The van der Waals surface area contributed by atoms with Gasteiger partial charge in [-0.1, -0.05) is 6.92 Å². The summed E-state index contributed by atoms with van der Waals surface area (Å²) >= 11 is 0. The summed E-state index contributed by atoms with van der Waals surface area (Å²) in [5.74, 6) is -0.499. The van der Waals surface area contributed by atoms with E-state index in [1.165, 1.54) is 0 Å². The molecule has 0 radical (unpaired) electrons. The van der Waals surface area contributed by atoms with Crippen LogP contribution in [0.4, 0.5) is 0 Å². The fraction of sp³-hybridized carbons (Fsp3) is 0.833. The van der Waals surface area contributed by atoms with E-state index in [2.05, 4.69) is 5.32 Å². The van der Waals surface area contributed by atoms with Gasteiger partial charge in [-0.2, -0.15) is 0 Å². The predicted octanol–water partition coefficient (Wildman–Crippen LogP) is 0.339. The Morgan fingerprint density at radius 1 is 1.41 bits per heavy atom. The van der Waals surface area contributed by atoms with Gasteiger partial charge in [-0.05, 0) is 37.5 Å². The summed E-state index contributed by atoms with van der Waals surface area (Å²) in [6, 6.07) is -0.867. The number of nitrogens with one attached hydrogen (secondary N) is 1. The minimum absolute atomic E-state index is 0.0833. The van der Waals surface area contributed by atoms with Gasteiger partial charge in [0, 0.05) is 6.04 Å². The lowest BCUT2D eigenvalue weighted by molar-refractivity contribution is -0.143. The van der Waals surface area contributed by atoms with Gasteiger partial charge in [0.25, 0.3) is 0 Å². The number of carboxylic acid groups (broad SMARTS) is 1. The molecule has 0 heterocycles. The minimum atomic E-state index is -0.974. The molecule has 2 bridgehead atoms. The van der Waals surface area contributed by atoms with Gasteiger partial charge in [0.1, 0.15) is 6.04 Å². The van der Waals surface area contributed by atoms with Crippen LogP contribution in [-0.4, -0.2) is 29.1 Å². The summed E-state index contributed by atoms with van der Waals surface area (Å²) in [6.07, 6.45) is 3.60. The number of hydrogen-bond donors (Lipinski definition) is 3. The number of carboxylic acids is 1. The van der Waals surface area contributed by atoms with E-state index in [0.29, 0.717) is 18.3 Å². The monoisotopic (exact) mass is 240 g/mol. The highest BCUT2D eigenvalue weighted by molar-refractivity contribution is 5.85. The summed E-state index contributed by atoms with van der Waals surface area (Å²) in [5.41, 5.74) is 6.05. The fourth-order valence-electron chi connectivity index (χ4n) is 3.33. The third-order valence-corrected chi connectivity index (χ3v) is 4.31. The zero-order chi connectivity index (χ0) is 12.6. The predicted molar refractivity (Wildman–Crippen MR) is 62.2 cm³/mol. The number of carbonyl (C=O) groups is 2. The molecule has 0 saturated heterocycles. The van der Waals surface area contributed by atoms with Crippen molar-refractivity contribution in [2.75, 3.05) is 0 Å². The van der Waals surface area contributed by atoms with Crippen LogP contribution in [0, 0.1) is 17.8 Å². The maximum Gasteiger partial charge on any atom is 0.326 e. The van der Waals surface area contributed by atoms with Crippen molar-refractivity contribution in [1.29, 1.82) is 0 Å². The lowest BCUT2D eigenvalue weighted by Crippen LogP contribution is -2.49. The molecule has 5 heteroatoms.